The van der Waals surface area contributed by atoms with Gasteiger partial charge in [0.15, 0.2) is 5.82 Å². The van der Waals surface area contributed by atoms with Crippen LogP contribution in [-0.4, -0.2) is 20.4 Å². The van der Waals surface area contributed by atoms with E-state index in [1.54, 1.807) is 32.9 Å². The second-order valence-electron chi connectivity index (χ2n) is 5.38. The molecular formula is C16H15FN4O2S. The number of nitrogens with one attached hydrogen (secondary N) is 1. The van der Waals surface area contributed by atoms with E-state index in [0.717, 1.165) is 17.1 Å². The average molecular weight is 346 g/mol. The molecule has 8 heteroatoms. The Morgan fingerprint density at radius 2 is 2.00 bits per heavy atom. The quantitative estimate of drug-likeness (QED) is 0.779. The number of carbonyl (C=O) groups is 1. The molecular weight excluding hydrogens is 331 g/mol. The number of aromatic nitrogens is 3. The van der Waals surface area contributed by atoms with Crippen LogP contribution in [0, 0.1) is 19.7 Å². The summed E-state index contributed by atoms with van der Waals surface area (Å²) in [5.41, 5.74) is 2.15. The van der Waals surface area contributed by atoms with Gasteiger partial charge in [0, 0.05) is 22.7 Å². The summed E-state index contributed by atoms with van der Waals surface area (Å²) < 4.78 is 22.3. The van der Waals surface area contributed by atoms with E-state index in [2.05, 4.69) is 19.8 Å². The van der Waals surface area contributed by atoms with Crippen LogP contribution in [0.15, 0.2) is 28.8 Å². The van der Waals surface area contributed by atoms with Gasteiger partial charge in [-0.25, -0.2) is 4.39 Å². The van der Waals surface area contributed by atoms with Crippen LogP contribution in [0.25, 0.3) is 11.4 Å². The number of rotatable bonds is 4. The van der Waals surface area contributed by atoms with Gasteiger partial charge in [0.25, 0.3) is 0 Å². The summed E-state index contributed by atoms with van der Waals surface area (Å²) >= 11 is 1.07. The molecule has 6 nitrogen and oxygen atoms in total. The Bertz CT molecular complexity index is 853. The highest BCUT2D eigenvalue weighted by Crippen LogP contribution is 2.26. The SMILES string of the molecule is Cc1noc(C)c1C(C)C(=O)Nc1nc(-c2ccc(F)cc2)ns1. The third kappa shape index (κ3) is 3.18. The first-order valence-electron chi connectivity index (χ1n) is 7.29. The number of anilines is 1. The molecule has 124 valence electrons. The standard InChI is InChI=1S/C16H15FN4O2S/c1-8(13-9(2)20-23-10(13)3)15(22)19-16-18-14(21-24-16)11-4-6-12(17)7-5-11/h4-8H,1-3H3,(H,18,19,21,22). The third-order valence-corrected chi connectivity index (χ3v) is 4.30. The highest BCUT2D eigenvalue weighted by Gasteiger charge is 2.23. The van der Waals surface area contributed by atoms with E-state index in [0.29, 0.717) is 28.0 Å². The summed E-state index contributed by atoms with van der Waals surface area (Å²) in [6.45, 7) is 5.35. The molecule has 1 amide bonds. The molecule has 0 radical (unpaired) electrons. The van der Waals surface area contributed by atoms with E-state index in [9.17, 15) is 9.18 Å². The van der Waals surface area contributed by atoms with Crippen molar-refractivity contribution in [2.24, 2.45) is 0 Å². The van der Waals surface area contributed by atoms with Gasteiger partial charge in [-0.15, -0.1) is 0 Å². The molecule has 2 aromatic heterocycles. The molecule has 24 heavy (non-hydrogen) atoms. The zero-order valence-electron chi connectivity index (χ0n) is 13.3. The van der Waals surface area contributed by atoms with Crippen LogP contribution in [0.5, 0.6) is 0 Å². The van der Waals surface area contributed by atoms with Crippen LogP contribution >= 0.6 is 11.5 Å². The Labute approximate surface area is 141 Å². The predicted molar refractivity (Wildman–Crippen MR) is 88.3 cm³/mol. The van der Waals surface area contributed by atoms with Crippen LogP contribution in [0.2, 0.25) is 0 Å². The molecule has 1 N–H and O–H groups in total. The van der Waals surface area contributed by atoms with Crippen molar-refractivity contribution in [2.75, 3.05) is 5.32 Å². The van der Waals surface area contributed by atoms with Gasteiger partial charge in [-0.1, -0.05) is 5.16 Å². The number of aryl methyl sites for hydroxylation is 2. The Morgan fingerprint density at radius 3 is 2.62 bits per heavy atom. The van der Waals surface area contributed by atoms with Gasteiger partial charge >= 0.3 is 0 Å². The molecule has 0 aliphatic heterocycles. The van der Waals surface area contributed by atoms with Gasteiger partial charge in [0.1, 0.15) is 11.6 Å². The molecule has 3 aromatic rings. The van der Waals surface area contributed by atoms with Gasteiger partial charge in [-0.3, -0.25) is 4.79 Å². The summed E-state index contributed by atoms with van der Waals surface area (Å²) in [5.74, 6) is 0.108. The van der Waals surface area contributed by atoms with Crippen molar-refractivity contribution in [1.82, 2.24) is 14.5 Å². The Balaban J connectivity index is 1.75. The zero-order chi connectivity index (χ0) is 17.3. The van der Waals surface area contributed by atoms with E-state index < -0.39 is 5.92 Å². The molecule has 3 rings (SSSR count). The van der Waals surface area contributed by atoms with Gasteiger partial charge in [0.2, 0.25) is 11.0 Å². The second-order valence-corrected chi connectivity index (χ2v) is 6.13. The molecule has 0 fully saturated rings. The smallest absolute Gasteiger partial charge is 0.233 e. The normalized spacial score (nSPS) is 12.2. The second kappa shape index (κ2) is 6.48. The fourth-order valence-electron chi connectivity index (χ4n) is 2.44. The first-order chi connectivity index (χ1) is 11.5. The number of carbonyl (C=O) groups excluding carboxylic acids is 1. The summed E-state index contributed by atoms with van der Waals surface area (Å²) in [5, 5.41) is 7.00. The number of halogens is 1. The van der Waals surface area contributed by atoms with Gasteiger partial charge < -0.3 is 9.84 Å². The fourth-order valence-corrected chi connectivity index (χ4v) is 3.04. The zero-order valence-corrected chi connectivity index (χ0v) is 14.1. The lowest BCUT2D eigenvalue weighted by Gasteiger charge is -2.09. The first-order valence-corrected chi connectivity index (χ1v) is 8.06. The van der Waals surface area contributed by atoms with E-state index in [-0.39, 0.29) is 11.7 Å². The van der Waals surface area contributed by atoms with Crippen molar-refractivity contribution in [3.63, 3.8) is 0 Å². The van der Waals surface area contributed by atoms with Crippen LogP contribution in [0.4, 0.5) is 9.52 Å². The van der Waals surface area contributed by atoms with Crippen molar-refractivity contribution >= 4 is 22.6 Å². The lowest BCUT2D eigenvalue weighted by Crippen LogP contribution is -2.19. The number of nitrogens with zero attached hydrogens (tertiary/aromatic N) is 3. The Hall–Kier alpha value is -2.61. The topological polar surface area (TPSA) is 80.9 Å². The molecule has 0 saturated heterocycles. The third-order valence-electron chi connectivity index (χ3n) is 3.67. The first kappa shape index (κ1) is 16.3. The van der Waals surface area contributed by atoms with Crippen LogP contribution in [0.1, 0.15) is 29.9 Å². The predicted octanol–water partition coefficient (Wildman–Crippen LogP) is 3.69. The number of hydrogen-bond donors (Lipinski definition) is 1. The van der Waals surface area contributed by atoms with E-state index >= 15 is 0 Å². The molecule has 0 spiro atoms. The minimum Gasteiger partial charge on any atom is -0.361 e. The minimum atomic E-state index is -0.422. The maximum Gasteiger partial charge on any atom is 0.233 e. The number of amides is 1. The lowest BCUT2D eigenvalue weighted by molar-refractivity contribution is -0.117. The number of hydrogen-bond acceptors (Lipinski definition) is 6. The van der Waals surface area contributed by atoms with E-state index in [1.165, 1.54) is 12.1 Å². The minimum absolute atomic E-state index is 0.216. The van der Waals surface area contributed by atoms with Crippen LogP contribution in [-0.2, 0) is 4.79 Å². The van der Waals surface area contributed by atoms with Gasteiger partial charge in [-0.2, -0.15) is 9.36 Å². The number of benzene rings is 1. The van der Waals surface area contributed by atoms with E-state index in [4.69, 9.17) is 4.52 Å². The molecule has 1 unspecified atom stereocenters. The highest BCUT2D eigenvalue weighted by atomic mass is 32.1. The monoisotopic (exact) mass is 346 g/mol. The lowest BCUT2D eigenvalue weighted by atomic mass is 9.99. The Kier molecular flexibility index (Phi) is 4.39. The maximum absolute atomic E-state index is 13.0. The van der Waals surface area contributed by atoms with Crippen LogP contribution < -0.4 is 5.32 Å². The molecule has 0 aliphatic rings. The summed E-state index contributed by atoms with van der Waals surface area (Å²) in [6, 6.07) is 5.87. The van der Waals surface area contributed by atoms with Gasteiger partial charge in [-0.05, 0) is 45.0 Å². The van der Waals surface area contributed by atoms with Crippen molar-refractivity contribution < 1.29 is 13.7 Å². The summed E-state index contributed by atoms with van der Waals surface area (Å²) in [7, 11) is 0. The molecule has 0 bridgehead atoms. The molecule has 1 atom stereocenters. The van der Waals surface area contributed by atoms with E-state index in [1.807, 2.05) is 0 Å². The molecule has 0 aliphatic carbocycles. The van der Waals surface area contributed by atoms with Crippen LogP contribution in [0.3, 0.4) is 0 Å². The maximum atomic E-state index is 13.0. The fraction of sp³-hybridized carbons (Fsp3) is 0.250. The average Bonchev–Trinajstić information content (AvgIpc) is 3.14. The summed E-state index contributed by atoms with van der Waals surface area (Å²) in [6.07, 6.45) is 0. The van der Waals surface area contributed by atoms with Gasteiger partial charge in [0.05, 0.1) is 11.6 Å². The van der Waals surface area contributed by atoms with Crippen molar-refractivity contribution in [1.29, 1.82) is 0 Å². The van der Waals surface area contributed by atoms with Crippen molar-refractivity contribution in [3.05, 3.63) is 47.1 Å². The summed E-state index contributed by atoms with van der Waals surface area (Å²) in [4.78, 5) is 16.7. The van der Waals surface area contributed by atoms with Crippen molar-refractivity contribution in [3.8, 4) is 11.4 Å². The molecule has 1 aromatic carbocycles. The van der Waals surface area contributed by atoms with Crippen molar-refractivity contribution in [2.45, 2.75) is 26.7 Å². The largest absolute Gasteiger partial charge is 0.361 e. The molecule has 2 heterocycles. The molecule has 0 saturated carbocycles. The Morgan fingerprint density at radius 1 is 1.29 bits per heavy atom. The highest BCUT2D eigenvalue weighted by molar-refractivity contribution is 7.10.